The third kappa shape index (κ3) is 2.69. The molecule has 0 aliphatic rings. The molecule has 2 aromatic rings. The molecular weight excluding hydrogens is 256 g/mol. The number of rotatable bonds is 4. The van der Waals surface area contributed by atoms with E-state index >= 15 is 0 Å². The van der Waals surface area contributed by atoms with E-state index in [4.69, 9.17) is 5.11 Å². The number of hydrogen-bond donors (Lipinski definition) is 2. The van der Waals surface area contributed by atoms with Crippen LogP contribution in [-0.2, 0) is 4.79 Å². The first-order valence-corrected chi connectivity index (χ1v) is 6.16. The molecule has 4 heteroatoms. The van der Waals surface area contributed by atoms with Gasteiger partial charge in [-0.2, -0.15) is 0 Å². The van der Waals surface area contributed by atoms with Crippen molar-refractivity contribution in [3.8, 4) is 5.75 Å². The Morgan fingerprint density at radius 3 is 2.25 bits per heavy atom. The number of aromatic hydroxyl groups is 1. The van der Waals surface area contributed by atoms with Gasteiger partial charge in [0.2, 0.25) is 0 Å². The molecule has 102 valence electrons. The maximum absolute atomic E-state index is 12.3. The second kappa shape index (κ2) is 5.57. The Kier molecular flexibility index (Phi) is 3.84. The molecule has 0 unspecified atom stereocenters. The summed E-state index contributed by atoms with van der Waals surface area (Å²) in [5.74, 6) is -2.25. The summed E-state index contributed by atoms with van der Waals surface area (Å²) in [6.07, 6.45) is 0. The highest BCUT2D eigenvalue weighted by molar-refractivity contribution is 6.09. The predicted octanol–water partition coefficient (Wildman–Crippen LogP) is 2.81. The number of carboxylic acids is 1. The van der Waals surface area contributed by atoms with Crippen molar-refractivity contribution >= 4 is 11.8 Å². The number of ketones is 1. The van der Waals surface area contributed by atoms with E-state index in [-0.39, 0.29) is 17.1 Å². The van der Waals surface area contributed by atoms with Gasteiger partial charge in [-0.25, -0.2) is 0 Å². The summed E-state index contributed by atoms with van der Waals surface area (Å²) in [5, 5.41) is 18.7. The molecule has 0 spiro atoms. The smallest absolute Gasteiger partial charge is 0.310 e. The van der Waals surface area contributed by atoms with Gasteiger partial charge in [-0.15, -0.1) is 0 Å². The Bertz CT molecular complexity index is 647. The molecule has 20 heavy (non-hydrogen) atoms. The van der Waals surface area contributed by atoms with Gasteiger partial charge in [0, 0.05) is 16.7 Å². The van der Waals surface area contributed by atoms with Crippen molar-refractivity contribution < 1.29 is 19.8 Å². The number of phenols is 1. The zero-order chi connectivity index (χ0) is 14.7. The van der Waals surface area contributed by atoms with E-state index in [0.29, 0.717) is 11.1 Å². The highest BCUT2D eigenvalue weighted by atomic mass is 16.4. The number of phenolic OH excluding ortho intramolecular Hbond substituents is 1. The Labute approximate surface area is 116 Å². The molecule has 0 aliphatic heterocycles. The predicted molar refractivity (Wildman–Crippen MR) is 74.0 cm³/mol. The molecule has 0 fully saturated rings. The minimum absolute atomic E-state index is 0.121. The van der Waals surface area contributed by atoms with Crippen molar-refractivity contribution in [3.63, 3.8) is 0 Å². The van der Waals surface area contributed by atoms with Gasteiger partial charge in [0.15, 0.2) is 5.78 Å². The number of aliphatic carboxylic acids is 1. The van der Waals surface area contributed by atoms with Gasteiger partial charge in [-0.3, -0.25) is 9.59 Å². The van der Waals surface area contributed by atoms with Crippen LogP contribution in [0.25, 0.3) is 0 Å². The van der Waals surface area contributed by atoms with Crippen molar-refractivity contribution in [2.45, 2.75) is 12.8 Å². The van der Waals surface area contributed by atoms with Crippen LogP contribution >= 0.6 is 0 Å². The third-order valence-electron chi connectivity index (χ3n) is 3.16. The maximum Gasteiger partial charge on any atom is 0.310 e. The average molecular weight is 270 g/mol. The lowest BCUT2D eigenvalue weighted by Gasteiger charge is -2.11. The van der Waals surface area contributed by atoms with Crippen LogP contribution in [0.2, 0.25) is 0 Å². The molecule has 2 N–H and O–H groups in total. The van der Waals surface area contributed by atoms with Crippen LogP contribution in [0.15, 0.2) is 48.5 Å². The zero-order valence-electron chi connectivity index (χ0n) is 10.9. The second-order valence-corrected chi connectivity index (χ2v) is 4.53. The van der Waals surface area contributed by atoms with Crippen LogP contribution in [0.1, 0.15) is 34.3 Å². The molecule has 0 bridgehead atoms. The van der Waals surface area contributed by atoms with Gasteiger partial charge in [0.1, 0.15) is 5.75 Å². The monoisotopic (exact) mass is 270 g/mol. The Morgan fingerprint density at radius 2 is 1.65 bits per heavy atom. The van der Waals surface area contributed by atoms with E-state index < -0.39 is 11.9 Å². The highest BCUT2D eigenvalue weighted by Gasteiger charge is 2.19. The maximum atomic E-state index is 12.3. The largest absolute Gasteiger partial charge is 0.508 e. The fourth-order valence-corrected chi connectivity index (χ4v) is 1.93. The fourth-order valence-electron chi connectivity index (χ4n) is 1.93. The summed E-state index contributed by atoms with van der Waals surface area (Å²) < 4.78 is 0. The lowest BCUT2D eigenvalue weighted by atomic mass is 9.95. The fraction of sp³-hybridized carbons (Fsp3) is 0.125. The molecule has 0 aliphatic carbocycles. The topological polar surface area (TPSA) is 74.6 Å². The van der Waals surface area contributed by atoms with Crippen LogP contribution < -0.4 is 0 Å². The SMILES string of the molecule is C[C@@H](C(=O)O)c1cc(C(=O)c2ccccc2)ccc1O. The van der Waals surface area contributed by atoms with Crippen LogP contribution in [0.3, 0.4) is 0 Å². The number of carbonyl (C=O) groups excluding carboxylic acids is 1. The molecule has 1 atom stereocenters. The standard InChI is InChI=1S/C16H14O4/c1-10(16(19)20)13-9-12(7-8-14(13)17)15(18)11-5-3-2-4-6-11/h2-10,17H,1H3,(H,19,20)/t10-/m1/s1. The van der Waals surface area contributed by atoms with Crippen molar-refractivity contribution in [2.24, 2.45) is 0 Å². The molecule has 0 amide bonds. The molecule has 0 aromatic heterocycles. The first kappa shape index (κ1) is 13.8. The normalized spacial score (nSPS) is 11.8. The number of hydrogen-bond acceptors (Lipinski definition) is 3. The van der Waals surface area contributed by atoms with E-state index in [1.807, 2.05) is 6.07 Å². The van der Waals surface area contributed by atoms with Crippen LogP contribution in [0, 0.1) is 0 Å². The quantitative estimate of drug-likeness (QED) is 0.838. The van der Waals surface area contributed by atoms with E-state index in [1.54, 1.807) is 24.3 Å². The summed E-state index contributed by atoms with van der Waals surface area (Å²) in [6, 6.07) is 13.0. The van der Waals surface area contributed by atoms with E-state index in [0.717, 1.165) is 0 Å². The number of carbonyl (C=O) groups is 2. The first-order valence-electron chi connectivity index (χ1n) is 6.16. The van der Waals surface area contributed by atoms with Gasteiger partial charge in [-0.1, -0.05) is 30.3 Å². The molecule has 0 saturated carbocycles. The van der Waals surface area contributed by atoms with E-state index in [2.05, 4.69) is 0 Å². The van der Waals surface area contributed by atoms with E-state index in [9.17, 15) is 14.7 Å². The van der Waals surface area contributed by atoms with Crippen molar-refractivity contribution in [1.29, 1.82) is 0 Å². The van der Waals surface area contributed by atoms with Gasteiger partial charge < -0.3 is 10.2 Å². The van der Waals surface area contributed by atoms with Gasteiger partial charge >= 0.3 is 5.97 Å². The molecule has 2 rings (SSSR count). The van der Waals surface area contributed by atoms with Crippen molar-refractivity contribution in [2.75, 3.05) is 0 Å². The molecule has 4 nitrogen and oxygen atoms in total. The second-order valence-electron chi connectivity index (χ2n) is 4.53. The van der Waals surface area contributed by atoms with Crippen LogP contribution in [0.5, 0.6) is 5.75 Å². The highest BCUT2D eigenvalue weighted by Crippen LogP contribution is 2.27. The minimum Gasteiger partial charge on any atom is -0.508 e. The summed E-state index contributed by atoms with van der Waals surface area (Å²) in [4.78, 5) is 23.3. The Balaban J connectivity index is 2.42. The first-order chi connectivity index (χ1) is 9.50. The Morgan fingerprint density at radius 1 is 1.00 bits per heavy atom. The zero-order valence-corrected chi connectivity index (χ0v) is 10.9. The lowest BCUT2D eigenvalue weighted by molar-refractivity contribution is -0.138. The van der Waals surface area contributed by atoms with Gasteiger partial charge in [0.25, 0.3) is 0 Å². The molecule has 0 saturated heterocycles. The Hall–Kier alpha value is -2.62. The van der Waals surface area contributed by atoms with Crippen LogP contribution in [0.4, 0.5) is 0 Å². The average Bonchev–Trinajstić information content (AvgIpc) is 2.47. The molecule has 0 heterocycles. The number of benzene rings is 2. The van der Waals surface area contributed by atoms with Crippen LogP contribution in [-0.4, -0.2) is 22.0 Å². The minimum atomic E-state index is -1.05. The van der Waals surface area contributed by atoms with Gasteiger partial charge in [-0.05, 0) is 25.1 Å². The van der Waals surface area contributed by atoms with Gasteiger partial charge in [0.05, 0.1) is 5.92 Å². The lowest BCUT2D eigenvalue weighted by Crippen LogP contribution is -2.09. The van der Waals surface area contributed by atoms with Crippen molar-refractivity contribution in [3.05, 3.63) is 65.2 Å². The molecular formula is C16H14O4. The number of carboxylic acid groups (broad SMARTS) is 1. The summed E-state index contributed by atoms with van der Waals surface area (Å²) >= 11 is 0. The van der Waals surface area contributed by atoms with E-state index in [1.165, 1.54) is 25.1 Å². The summed E-state index contributed by atoms with van der Waals surface area (Å²) in [7, 11) is 0. The summed E-state index contributed by atoms with van der Waals surface area (Å²) in [6.45, 7) is 1.47. The summed E-state index contributed by atoms with van der Waals surface area (Å²) in [5.41, 5.74) is 1.11. The molecule has 0 radical (unpaired) electrons. The third-order valence-corrected chi connectivity index (χ3v) is 3.16. The molecule has 2 aromatic carbocycles. The van der Waals surface area contributed by atoms with Crippen molar-refractivity contribution in [1.82, 2.24) is 0 Å².